The van der Waals surface area contributed by atoms with Crippen molar-refractivity contribution in [1.82, 2.24) is 9.55 Å². The van der Waals surface area contributed by atoms with E-state index in [0.29, 0.717) is 18.0 Å². The molecule has 1 N–H and O–H groups in total. The zero-order valence-corrected chi connectivity index (χ0v) is 11.2. The van der Waals surface area contributed by atoms with Gasteiger partial charge in [0.1, 0.15) is 5.75 Å². The minimum atomic E-state index is -0.659. The fourth-order valence-corrected chi connectivity index (χ4v) is 1.86. The van der Waals surface area contributed by atoms with Crippen LogP contribution >= 0.6 is 0 Å². The molecule has 0 fully saturated rings. The third-order valence-corrected chi connectivity index (χ3v) is 2.76. The van der Waals surface area contributed by atoms with E-state index in [4.69, 9.17) is 4.74 Å². The van der Waals surface area contributed by atoms with Crippen molar-refractivity contribution in [2.75, 3.05) is 6.61 Å². The van der Waals surface area contributed by atoms with Gasteiger partial charge in [-0.2, -0.15) is 0 Å². The van der Waals surface area contributed by atoms with E-state index in [1.807, 2.05) is 0 Å². The third-order valence-electron chi connectivity index (χ3n) is 2.76. The number of benzene rings is 1. The van der Waals surface area contributed by atoms with Gasteiger partial charge in [0.2, 0.25) is 0 Å². The third kappa shape index (κ3) is 2.40. The predicted molar refractivity (Wildman–Crippen MR) is 73.8 cm³/mol. The maximum atomic E-state index is 12.3. The summed E-state index contributed by atoms with van der Waals surface area (Å²) in [7, 11) is 0. The molecule has 0 saturated carbocycles. The molecule has 6 nitrogen and oxygen atoms in total. The minimum absolute atomic E-state index is 0.0732. The number of nitrogens with zero attached hydrogens (tertiary/aromatic N) is 1. The number of H-pyrrole nitrogens is 1. The van der Waals surface area contributed by atoms with Gasteiger partial charge >= 0.3 is 5.69 Å². The molecule has 0 aliphatic heterocycles. The molecule has 0 aliphatic rings. The lowest BCUT2D eigenvalue weighted by Crippen LogP contribution is -2.36. The van der Waals surface area contributed by atoms with Crippen LogP contribution in [0.15, 0.2) is 40.1 Å². The Morgan fingerprint density at radius 1 is 1.30 bits per heavy atom. The number of hydrogen-bond donors (Lipinski definition) is 1. The van der Waals surface area contributed by atoms with Crippen LogP contribution in [0.4, 0.5) is 0 Å². The van der Waals surface area contributed by atoms with E-state index in [1.54, 1.807) is 31.2 Å². The second-order valence-electron chi connectivity index (χ2n) is 4.10. The van der Waals surface area contributed by atoms with E-state index < -0.39 is 17.0 Å². The summed E-state index contributed by atoms with van der Waals surface area (Å²) in [6, 6.07) is 6.67. The van der Waals surface area contributed by atoms with Crippen LogP contribution in [0.25, 0.3) is 5.69 Å². The van der Waals surface area contributed by atoms with Gasteiger partial charge in [0, 0.05) is 6.20 Å². The Morgan fingerprint density at radius 3 is 2.65 bits per heavy atom. The van der Waals surface area contributed by atoms with Crippen molar-refractivity contribution >= 4 is 5.78 Å². The lowest BCUT2D eigenvalue weighted by Gasteiger charge is -2.11. The Balaban J connectivity index is 2.76. The Bertz CT molecular complexity index is 758. The second-order valence-corrected chi connectivity index (χ2v) is 4.10. The number of aromatic nitrogens is 2. The van der Waals surface area contributed by atoms with Gasteiger partial charge in [0.15, 0.2) is 5.78 Å². The fraction of sp³-hybridized carbons (Fsp3) is 0.214. The van der Waals surface area contributed by atoms with Gasteiger partial charge < -0.3 is 9.72 Å². The van der Waals surface area contributed by atoms with Crippen LogP contribution in [-0.2, 0) is 0 Å². The van der Waals surface area contributed by atoms with Crippen molar-refractivity contribution in [3.05, 3.63) is 56.9 Å². The molecule has 0 aliphatic carbocycles. The summed E-state index contributed by atoms with van der Waals surface area (Å²) in [5, 5.41) is 0. The van der Waals surface area contributed by atoms with E-state index in [0.717, 1.165) is 10.8 Å². The Labute approximate surface area is 114 Å². The molecule has 2 rings (SSSR count). The number of para-hydroxylation sites is 2. The molecule has 2 aromatic rings. The van der Waals surface area contributed by atoms with Crippen LogP contribution < -0.4 is 16.0 Å². The summed E-state index contributed by atoms with van der Waals surface area (Å²) < 4.78 is 6.31. The topological polar surface area (TPSA) is 81.2 Å². The quantitative estimate of drug-likeness (QED) is 0.847. The van der Waals surface area contributed by atoms with E-state index in [1.165, 1.54) is 6.92 Å². The van der Waals surface area contributed by atoms with E-state index in [-0.39, 0.29) is 5.56 Å². The number of carbonyl (C=O) groups is 1. The first kappa shape index (κ1) is 13.8. The SMILES string of the molecule is CCOc1ccccc1-n1c(=O)[nH]cc(C(C)=O)c1=O. The first-order valence-electron chi connectivity index (χ1n) is 6.14. The number of nitrogens with one attached hydrogen (secondary N) is 1. The maximum Gasteiger partial charge on any atom is 0.333 e. The van der Waals surface area contributed by atoms with Crippen molar-refractivity contribution in [2.24, 2.45) is 0 Å². The highest BCUT2D eigenvalue weighted by molar-refractivity contribution is 5.93. The molecule has 104 valence electrons. The first-order chi connectivity index (χ1) is 9.56. The number of Topliss-reactive ketones (excluding diaryl/α,β-unsaturated/α-hetero) is 1. The first-order valence-corrected chi connectivity index (χ1v) is 6.14. The molecule has 0 radical (unpaired) electrons. The summed E-state index contributed by atoms with van der Waals surface area (Å²) in [5.41, 5.74) is -1.04. The molecular formula is C14H14N2O4. The molecule has 0 spiro atoms. The van der Waals surface area contributed by atoms with Gasteiger partial charge in [-0.25, -0.2) is 9.36 Å². The molecule has 1 aromatic carbocycles. The van der Waals surface area contributed by atoms with Gasteiger partial charge in [-0.3, -0.25) is 9.59 Å². The van der Waals surface area contributed by atoms with Crippen molar-refractivity contribution < 1.29 is 9.53 Å². The fourth-order valence-electron chi connectivity index (χ4n) is 1.86. The van der Waals surface area contributed by atoms with Gasteiger partial charge in [0.05, 0.1) is 17.9 Å². The second kappa shape index (κ2) is 5.56. The monoisotopic (exact) mass is 274 g/mol. The average molecular weight is 274 g/mol. The summed E-state index contributed by atoms with van der Waals surface area (Å²) >= 11 is 0. The summed E-state index contributed by atoms with van der Waals surface area (Å²) in [5.74, 6) is -0.00260. The van der Waals surface area contributed by atoms with Gasteiger partial charge in [0.25, 0.3) is 5.56 Å². The van der Waals surface area contributed by atoms with Crippen LogP contribution in [0.5, 0.6) is 5.75 Å². The highest BCUT2D eigenvalue weighted by Gasteiger charge is 2.15. The van der Waals surface area contributed by atoms with Crippen LogP contribution in [0.1, 0.15) is 24.2 Å². The summed E-state index contributed by atoms with van der Waals surface area (Å²) in [4.78, 5) is 38.0. The Morgan fingerprint density at radius 2 is 2.00 bits per heavy atom. The van der Waals surface area contributed by atoms with Crippen molar-refractivity contribution in [1.29, 1.82) is 0 Å². The number of ketones is 1. The molecule has 1 heterocycles. The number of rotatable bonds is 4. The summed E-state index contributed by atoms with van der Waals surface area (Å²) in [6.45, 7) is 3.47. The van der Waals surface area contributed by atoms with Crippen molar-refractivity contribution in [2.45, 2.75) is 13.8 Å². The number of aromatic amines is 1. The predicted octanol–water partition coefficient (Wildman–Crippen LogP) is 1.13. The Hall–Kier alpha value is -2.63. The zero-order chi connectivity index (χ0) is 14.7. The molecule has 6 heteroatoms. The smallest absolute Gasteiger partial charge is 0.333 e. The van der Waals surface area contributed by atoms with Crippen molar-refractivity contribution in [3.63, 3.8) is 0 Å². The highest BCUT2D eigenvalue weighted by Crippen LogP contribution is 2.19. The van der Waals surface area contributed by atoms with E-state index >= 15 is 0 Å². The van der Waals surface area contributed by atoms with Crippen molar-refractivity contribution in [3.8, 4) is 11.4 Å². The van der Waals surface area contributed by atoms with Crippen LogP contribution in [-0.4, -0.2) is 21.9 Å². The average Bonchev–Trinajstić information content (AvgIpc) is 2.40. The molecule has 0 amide bonds. The minimum Gasteiger partial charge on any atom is -0.492 e. The molecule has 0 bridgehead atoms. The molecule has 0 unspecified atom stereocenters. The van der Waals surface area contributed by atoms with Gasteiger partial charge in [-0.15, -0.1) is 0 Å². The van der Waals surface area contributed by atoms with E-state index in [9.17, 15) is 14.4 Å². The Kier molecular flexibility index (Phi) is 3.84. The molecular weight excluding hydrogens is 260 g/mol. The number of hydrogen-bond acceptors (Lipinski definition) is 4. The summed E-state index contributed by atoms with van der Waals surface area (Å²) in [6.07, 6.45) is 1.13. The van der Waals surface area contributed by atoms with E-state index in [2.05, 4.69) is 4.98 Å². The zero-order valence-electron chi connectivity index (χ0n) is 11.2. The number of carbonyl (C=O) groups excluding carboxylic acids is 1. The van der Waals surface area contributed by atoms with Gasteiger partial charge in [-0.1, -0.05) is 12.1 Å². The standard InChI is InChI=1S/C14H14N2O4/c1-3-20-12-7-5-4-6-11(12)16-13(18)10(9(2)17)8-15-14(16)19/h4-8H,3H2,1-2H3,(H,15,19). The molecule has 0 atom stereocenters. The largest absolute Gasteiger partial charge is 0.492 e. The normalized spacial score (nSPS) is 10.3. The van der Waals surface area contributed by atoms with Crippen LogP contribution in [0.2, 0.25) is 0 Å². The van der Waals surface area contributed by atoms with Gasteiger partial charge in [-0.05, 0) is 26.0 Å². The number of ether oxygens (including phenoxy) is 1. The molecule has 20 heavy (non-hydrogen) atoms. The lowest BCUT2D eigenvalue weighted by atomic mass is 10.2. The molecule has 1 aromatic heterocycles. The van der Waals surface area contributed by atoms with Crippen LogP contribution in [0, 0.1) is 0 Å². The van der Waals surface area contributed by atoms with Crippen LogP contribution in [0.3, 0.4) is 0 Å². The highest BCUT2D eigenvalue weighted by atomic mass is 16.5. The lowest BCUT2D eigenvalue weighted by molar-refractivity contribution is 0.101. The maximum absolute atomic E-state index is 12.3. The molecule has 0 saturated heterocycles.